The first kappa shape index (κ1) is 15.4. The van der Waals surface area contributed by atoms with Gasteiger partial charge in [-0.15, -0.1) is 0 Å². The SMILES string of the molecule is CCC(CC)CN(CC(=O)O)C1CCS(=O)(=O)C1. The smallest absolute Gasteiger partial charge is 0.317 e. The first-order chi connectivity index (χ1) is 8.38. The molecule has 0 radical (unpaired) electrons. The largest absolute Gasteiger partial charge is 0.480 e. The summed E-state index contributed by atoms with van der Waals surface area (Å²) in [4.78, 5) is 12.7. The Balaban J connectivity index is 2.69. The van der Waals surface area contributed by atoms with Gasteiger partial charge in [-0.25, -0.2) is 8.42 Å². The molecular formula is C12H23NO4S. The van der Waals surface area contributed by atoms with Crippen molar-refractivity contribution in [2.75, 3.05) is 24.6 Å². The average molecular weight is 277 g/mol. The Bertz CT molecular complexity index is 376. The second kappa shape index (κ2) is 6.52. The van der Waals surface area contributed by atoms with Gasteiger partial charge in [-0.2, -0.15) is 0 Å². The summed E-state index contributed by atoms with van der Waals surface area (Å²) in [7, 11) is -2.96. The van der Waals surface area contributed by atoms with Gasteiger partial charge in [0, 0.05) is 12.6 Å². The highest BCUT2D eigenvalue weighted by molar-refractivity contribution is 7.91. The fourth-order valence-electron chi connectivity index (χ4n) is 2.46. The van der Waals surface area contributed by atoms with Crippen molar-refractivity contribution in [1.29, 1.82) is 0 Å². The summed E-state index contributed by atoms with van der Waals surface area (Å²) in [5.74, 6) is -0.144. The van der Waals surface area contributed by atoms with Gasteiger partial charge >= 0.3 is 5.97 Å². The lowest BCUT2D eigenvalue weighted by Crippen LogP contribution is -2.42. The molecule has 5 nitrogen and oxygen atoms in total. The molecule has 1 aliphatic heterocycles. The summed E-state index contributed by atoms with van der Waals surface area (Å²) in [6, 6.07) is -0.119. The van der Waals surface area contributed by atoms with Crippen LogP contribution in [-0.4, -0.2) is 55.0 Å². The fourth-order valence-corrected chi connectivity index (χ4v) is 4.22. The molecule has 0 bridgehead atoms. The Kier molecular flexibility index (Phi) is 5.59. The maximum atomic E-state index is 11.5. The van der Waals surface area contributed by atoms with E-state index in [1.807, 2.05) is 4.90 Å². The highest BCUT2D eigenvalue weighted by Gasteiger charge is 2.33. The molecule has 6 heteroatoms. The lowest BCUT2D eigenvalue weighted by molar-refractivity contribution is -0.139. The molecule has 1 fully saturated rings. The van der Waals surface area contributed by atoms with Crippen molar-refractivity contribution in [3.63, 3.8) is 0 Å². The molecule has 1 atom stereocenters. The third kappa shape index (κ3) is 4.57. The quantitative estimate of drug-likeness (QED) is 0.751. The summed E-state index contributed by atoms with van der Waals surface area (Å²) in [6.45, 7) is 4.78. The van der Waals surface area contributed by atoms with Gasteiger partial charge in [0.1, 0.15) is 0 Å². The molecular weight excluding hydrogens is 254 g/mol. The van der Waals surface area contributed by atoms with E-state index in [4.69, 9.17) is 5.11 Å². The molecule has 1 unspecified atom stereocenters. The lowest BCUT2D eigenvalue weighted by Gasteiger charge is -2.29. The minimum Gasteiger partial charge on any atom is -0.480 e. The van der Waals surface area contributed by atoms with E-state index in [0.29, 0.717) is 18.9 Å². The maximum absolute atomic E-state index is 11.5. The Morgan fingerprint density at radius 3 is 2.39 bits per heavy atom. The molecule has 106 valence electrons. The topological polar surface area (TPSA) is 74.7 Å². The summed E-state index contributed by atoms with van der Waals surface area (Å²) in [5, 5.41) is 8.94. The molecule has 18 heavy (non-hydrogen) atoms. The van der Waals surface area contributed by atoms with Crippen LogP contribution in [0.5, 0.6) is 0 Å². The number of rotatable bonds is 7. The zero-order valence-electron chi connectivity index (χ0n) is 11.1. The van der Waals surface area contributed by atoms with Gasteiger partial charge in [0.15, 0.2) is 9.84 Å². The Hall–Kier alpha value is -0.620. The van der Waals surface area contributed by atoms with Gasteiger partial charge < -0.3 is 5.11 Å². The predicted molar refractivity (Wildman–Crippen MR) is 70.3 cm³/mol. The van der Waals surface area contributed by atoms with Gasteiger partial charge in [0.25, 0.3) is 0 Å². The van der Waals surface area contributed by atoms with E-state index in [0.717, 1.165) is 12.8 Å². The van der Waals surface area contributed by atoms with Gasteiger partial charge in [-0.3, -0.25) is 9.69 Å². The monoisotopic (exact) mass is 277 g/mol. The molecule has 0 saturated carbocycles. The van der Waals surface area contributed by atoms with Crippen LogP contribution in [0.2, 0.25) is 0 Å². The van der Waals surface area contributed by atoms with Crippen molar-refractivity contribution in [2.45, 2.75) is 39.2 Å². The summed E-state index contributed by atoms with van der Waals surface area (Å²) in [6.07, 6.45) is 2.55. The first-order valence-electron chi connectivity index (χ1n) is 6.54. The summed E-state index contributed by atoms with van der Waals surface area (Å²) in [5.41, 5.74) is 0. The Morgan fingerprint density at radius 2 is 2.00 bits per heavy atom. The van der Waals surface area contributed by atoms with E-state index in [-0.39, 0.29) is 24.1 Å². The number of hydrogen-bond acceptors (Lipinski definition) is 4. The maximum Gasteiger partial charge on any atom is 0.317 e. The molecule has 1 saturated heterocycles. The normalized spacial score (nSPS) is 22.8. The molecule has 0 spiro atoms. The molecule has 1 heterocycles. The van der Waals surface area contributed by atoms with Crippen LogP contribution >= 0.6 is 0 Å². The predicted octanol–water partition coefficient (Wildman–Crippen LogP) is 0.996. The third-order valence-electron chi connectivity index (χ3n) is 3.71. The van der Waals surface area contributed by atoms with Crippen molar-refractivity contribution in [3.05, 3.63) is 0 Å². The molecule has 0 aromatic carbocycles. The molecule has 0 aromatic rings. The molecule has 0 amide bonds. The second-order valence-electron chi connectivity index (χ2n) is 5.06. The lowest BCUT2D eigenvalue weighted by atomic mass is 10.0. The van der Waals surface area contributed by atoms with Crippen molar-refractivity contribution < 1.29 is 18.3 Å². The molecule has 1 aliphatic rings. The first-order valence-corrected chi connectivity index (χ1v) is 8.36. The fraction of sp³-hybridized carbons (Fsp3) is 0.917. The minimum atomic E-state index is -2.96. The molecule has 0 aliphatic carbocycles. The number of sulfone groups is 1. The number of carbonyl (C=O) groups is 1. The molecule has 1 N–H and O–H groups in total. The Labute approximate surface area is 109 Å². The third-order valence-corrected chi connectivity index (χ3v) is 5.46. The van der Waals surface area contributed by atoms with E-state index in [9.17, 15) is 13.2 Å². The van der Waals surface area contributed by atoms with Gasteiger partial charge in [0.05, 0.1) is 18.1 Å². The standard InChI is InChI=1S/C12H23NO4S/c1-3-10(4-2)7-13(8-12(14)15)11-5-6-18(16,17)9-11/h10-11H,3-9H2,1-2H3,(H,14,15). The number of carboxylic acids is 1. The number of aliphatic carboxylic acids is 1. The van der Waals surface area contributed by atoms with Crippen LogP contribution in [0.1, 0.15) is 33.1 Å². The van der Waals surface area contributed by atoms with Crippen LogP contribution in [-0.2, 0) is 14.6 Å². The van der Waals surface area contributed by atoms with Crippen LogP contribution in [0, 0.1) is 5.92 Å². The van der Waals surface area contributed by atoms with E-state index in [2.05, 4.69) is 13.8 Å². The van der Waals surface area contributed by atoms with E-state index in [1.54, 1.807) is 0 Å². The average Bonchev–Trinajstić information content (AvgIpc) is 2.64. The van der Waals surface area contributed by atoms with Crippen molar-refractivity contribution in [2.24, 2.45) is 5.92 Å². The summed E-state index contributed by atoms with van der Waals surface area (Å²) < 4.78 is 23.0. The number of nitrogens with zero attached hydrogens (tertiary/aromatic N) is 1. The van der Waals surface area contributed by atoms with E-state index >= 15 is 0 Å². The molecule has 1 rings (SSSR count). The number of hydrogen-bond donors (Lipinski definition) is 1. The van der Waals surface area contributed by atoms with Crippen molar-refractivity contribution in [3.8, 4) is 0 Å². The van der Waals surface area contributed by atoms with Crippen LogP contribution in [0.3, 0.4) is 0 Å². The zero-order chi connectivity index (χ0) is 13.8. The van der Waals surface area contributed by atoms with Crippen LogP contribution in [0.4, 0.5) is 0 Å². The highest BCUT2D eigenvalue weighted by atomic mass is 32.2. The van der Waals surface area contributed by atoms with Crippen LogP contribution < -0.4 is 0 Å². The van der Waals surface area contributed by atoms with Crippen LogP contribution in [0.25, 0.3) is 0 Å². The van der Waals surface area contributed by atoms with Gasteiger partial charge in [-0.05, 0) is 12.3 Å². The van der Waals surface area contributed by atoms with Gasteiger partial charge in [0.2, 0.25) is 0 Å². The van der Waals surface area contributed by atoms with E-state index < -0.39 is 15.8 Å². The Morgan fingerprint density at radius 1 is 1.39 bits per heavy atom. The number of carboxylic acid groups (broad SMARTS) is 1. The summed E-state index contributed by atoms with van der Waals surface area (Å²) >= 11 is 0. The van der Waals surface area contributed by atoms with Crippen molar-refractivity contribution >= 4 is 15.8 Å². The van der Waals surface area contributed by atoms with Crippen molar-refractivity contribution in [1.82, 2.24) is 4.90 Å². The van der Waals surface area contributed by atoms with E-state index in [1.165, 1.54) is 0 Å². The van der Waals surface area contributed by atoms with Crippen LogP contribution in [0.15, 0.2) is 0 Å². The second-order valence-corrected chi connectivity index (χ2v) is 7.29. The van der Waals surface area contributed by atoms with Gasteiger partial charge in [-0.1, -0.05) is 26.7 Å². The zero-order valence-corrected chi connectivity index (χ0v) is 11.9. The minimum absolute atomic E-state index is 0.0588. The molecule has 0 aromatic heterocycles. The highest BCUT2D eigenvalue weighted by Crippen LogP contribution is 2.20.